The van der Waals surface area contributed by atoms with Gasteiger partial charge < -0.3 is 19.9 Å². The molecule has 1 aliphatic heterocycles. The summed E-state index contributed by atoms with van der Waals surface area (Å²) in [6.07, 6.45) is 2.09. The van der Waals surface area contributed by atoms with Crippen LogP contribution in [0.2, 0.25) is 0 Å². The number of nitrogens with zero attached hydrogens (tertiary/aromatic N) is 3. The molecule has 2 heterocycles. The maximum atomic E-state index is 12.9. The third-order valence-corrected chi connectivity index (χ3v) is 5.49. The van der Waals surface area contributed by atoms with Crippen LogP contribution >= 0.6 is 0 Å². The number of hydrogen-bond acceptors (Lipinski definition) is 6. The maximum Gasteiger partial charge on any atom is 0.342 e. The number of hydrogen-bond donors (Lipinski definition) is 1. The molecule has 0 saturated carbocycles. The van der Waals surface area contributed by atoms with Gasteiger partial charge in [-0.2, -0.15) is 0 Å². The summed E-state index contributed by atoms with van der Waals surface area (Å²) < 4.78 is 5.33. The summed E-state index contributed by atoms with van der Waals surface area (Å²) in [5.74, 6) is -0.582. The minimum absolute atomic E-state index is 0.125. The SMILES string of the molecule is CN(C)C(=O)c1ccc(NC(=O)COC(=O)c2cc3ccccc3nc2N2CCCC2)cc1. The van der Waals surface area contributed by atoms with Crippen LogP contribution < -0.4 is 10.2 Å². The summed E-state index contributed by atoms with van der Waals surface area (Å²) in [5, 5.41) is 3.51. The van der Waals surface area contributed by atoms with Crippen molar-refractivity contribution in [2.24, 2.45) is 0 Å². The fraction of sp³-hybridized carbons (Fsp3) is 0.280. The number of carbonyl (C=O) groups is 3. The Morgan fingerprint density at radius 3 is 2.42 bits per heavy atom. The van der Waals surface area contributed by atoms with Gasteiger partial charge in [0.15, 0.2) is 6.61 Å². The Bertz CT molecular complexity index is 1180. The van der Waals surface area contributed by atoms with Gasteiger partial charge in [-0.3, -0.25) is 9.59 Å². The van der Waals surface area contributed by atoms with Gasteiger partial charge in [0, 0.05) is 43.8 Å². The van der Waals surface area contributed by atoms with Crippen molar-refractivity contribution in [1.29, 1.82) is 0 Å². The van der Waals surface area contributed by atoms with E-state index in [0.29, 0.717) is 22.6 Å². The predicted octanol–water partition coefficient (Wildman–Crippen LogP) is 3.33. The van der Waals surface area contributed by atoms with Crippen LogP contribution in [0.5, 0.6) is 0 Å². The molecule has 1 aliphatic rings. The zero-order chi connectivity index (χ0) is 23.4. The summed E-state index contributed by atoms with van der Waals surface area (Å²) in [7, 11) is 3.35. The molecule has 0 atom stereocenters. The second-order valence-electron chi connectivity index (χ2n) is 8.15. The van der Waals surface area contributed by atoms with E-state index in [9.17, 15) is 14.4 Å². The van der Waals surface area contributed by atoms with E-state index in [1.165, 1.54) is 4.90 Å². The van der Waals surface area contributed by atoms with Crippen molar-refractivity contribution in [3.05, 3.63) is 65.7 Å². The van der Waals surface area contributed by atoms with E-state index in [1.807, 2.05) is 24.3 Å². The molecule has 8 nitrogen and oxygen atoms in total. The van der Waals surface area contributed by atoms with Crippen LogP contribution in [-0.4, -0.2) is 61.5 Å². The Hall–Kier alpha value is -3.94. The van der Waals surface area contributed by atoms with Gasteiger partial charge in [-0.25, -0.2) is 9.78 Å². The fourth-order valence-electron chi connectivity index (χ4n) is 3.79. The number of fused-ring (bicyclic) bond motifs is 1. The summed E-state index contributed by atoms with van der Waals surface area (Å²) in [6, 6.07) is 15.9. The van der Waals surface area contributed by atoms with Gasteiger partial charge >= 0.3 is 5.97 Å². The highest BCUT2D eigenvalue weighted by Gasteiger charge is 2.23. The third-order valence-electron chi connectivity index (χ3n) is 5.49. The minimum atomic E-state index is -0.586. The highest BCUT2D eigenvalue weighted by Crippen LogP contribution is 2.27. The smallest absolute Gasteiger partial charge is 0.342 e. The fourth-order valence-corrected chi connectivity index (χ4v) is 3.79. The normalized spacial score (nSPS) is 13.1. The number of benzene rings is 2. The number of esters is 1. The Labute approximate surface area is 192 Å². The van der Waals surface area contributed by atoms with Gasteiger partial charge in [0.05, 0.1) is 5.52 Å². The van der Waals surface area contributed by atoms with Crippen molar-refractivity contribution in [3.63, 3.8) is 0 Å². The number of nitrogens with one attached hydrogen (secondary N) is 1. The van der Waals surface area contributed by atoms with Gasteiger partial charge in [0.2, 0.25) is 0 Å². The number of para-hydroxylation sites is 1. The molecule has 1 N–H and O–H groups in total. The number of aromatic nitrogens is 1. The van der Waals surface area contributed by atoms with E-state index in [-0.39, 0.29) is 5.91 Å². The molecule has 4 rings (SSSR count). The molecule has 2 amide bonds. The molecule has 2 aromatic carbocycles. The molecule has 1 saturated heterocycles. The summed E-state index contributed by atoms with van der Waals surface area (Å²) >= 11 is 0. The lowest BCUT2D eigenvalue weighted by atomic mass is 10.1. The predicted molar refractivity (Wildman–Crippen MR) is 127 cm³/mol. The first-order chi connectivity index (χ1) is 15.9. The van der Waals surface area contributed by atoms with Gasteiger partial charge in [0.1, 0.15) is 11.4 Å². The second-order valence-corrected chi connectivity index (χ2v) is 8.15. The molecule has 0 unspecified atom stereocenters. The van der Waals surface area contributed by atoms with Crippen LogP contribution in [-0.2, 0) is 9.53 Å². The second kappa shape index (κ2) is 9.68. The molecule has 3 aromatic rings. The maximum absolute atomic E-state index is 12.9. The summed E-state index contributed by atoms with van der Waals surface area (Å²) in [6.45, 7) is 1.24. The lowest BCUT2D eigenvalue weighted by Crippen LogP contribution is -2.25. The van der Waals surface area contributed by atoms with Crippen molar-refractivity contribution in [1.82, 2.24) is 9.88 Å². The Morgan fingerprint density at radius 2 is 1.73 bits per heavy atom. The van der Waals surface area contributed by atoms with Crippen molar-refractivity contribution < 1.29 is 19.1 Å². The first-order valence-corrected chi connectivity index (χ1v) is 10.9. The van der Waals surface area contributed by atoms with Gasteiger partial charge in [-0.05, 0) is 49.2 Å². The number of anilines is 2. The Morgan fingerprint density at radius 1 is 1.03 bits per heavy atom. The summed E-state index contributed by atoms with van der Waals surface area (Å²) in [5.41, 5.74) is 2.19. The first-order valence-electron chi connectivity index (χ1n) is 10.9. The van der Waals surface area contributed by atoms with Gasteiger partial charge in [0.25, 0.3) is 11.8 Å². The van der Waals surface area contributed by atoms with Crippen molar-refractivity contribution in [2.75, 3.05) is 44.0 Å². The zero-order valence-electron chi connectivity index (χ0n) is 18.7. The highest BCUT2D eigenvalue weighted by atomic mass is 16.5. The quantitative estimate of drug-likeness (QED) is 0.584. The van der Waals surface area contributed by atoms with Gasteiger partial charge in [-0.15, -0.1) is 0 Å². The van der Waals surface area contributed by atoms with Crippen LogP contribution in [0, 0.1) is 0 Å². The van der Waals surface area contributed by atoms with E-state index >= 15 is 0 Å². The van der Waals surface area contributed by atoms with Crippen LogP contribution in [0.3, 0.4) is 0 Å². The van der Waals surface area contributed by atoms with Crippen LogP contribution in [0.1, 0.15) is 33.6 Å². The molecule has 0 spiro atoms. The molecule has 170 valence electrons. The molecule has 0 radical (unpaired) electrons. The van der Waals surface area contributed by atoms with E-state index in [1.54, 1.807) is 44.4 Å². The number of amides is 2. The number of pyridine rings is 1. The van der Waals surface area contributed by atoms with Gasteiger partial charge in [-0.1, -0.05) is 18.2 Å². The van der Waals surface area contributed by atoms with Crippen LogP contribution in [0.4, 0.5) is 11.5 Å². The molecule has 1 aromatic heterocycles. The number of rotatable bonds is 6. The third kappa shape index (κ3) is 5.11. The van der Waals surface area contributed by atoms with Crippen molar-refractivity contribution >= 4 is 40.2 Å². The van der Waals surface area contributed by atoms with Crippen molar-refractivity contribution in [3.8, 4) is 0 Å². The molecule has 33 heavy (non-hydrogen) atoms. The average Bonchev–Trinajstić information content (AvgIpc) is 3.36. The largest absolute Gasteiger partial charge is 0.452 e. The zero-order valence-corrected chi connectivity index (χ0v) is 18.7. The first kappa shape index (κ1) is 22.3. The average molecular weight is 447 g/mol. The molecular formula is C25H26N4O4. The molecule has 8 heteroatoms. The van der Waals surface area contributed by atoms with Crippen LogP contribution in [0.15, 0.2) is 54.6 Å². The molecular weight excluding hydrogens is 420 g/mol. The lowest BCUT2D eigenvalue weighted by Gasteiger charge is -2.20. The standard InChI is InChI=1S/C25H26N4O4/c1-28(2)24(31)17-9-11-19(12-10-17)26-22(30)16-33-25(32)20-15-18-7-3-4-8-21(18)27-23(20)29-13-5-6-14-29/h3-4,7-12,15H,5-6,13-14,16H2,1-2H3,(H,26,30). The highest BCUT2D eigenvalue weighted by molar-refractivity contribution is 6.01. The number of ether oxygens (including phenoxy) is 1. The molecule has 0 aliphatic carbocycles. The number of carbonyl (C=O) groups excluding carboxylic acids is 3. The Kier molecular flexibility index (Phi) is 6.53. The lowest BCUT2D eigenvalue weighted by molar-refractivity contribution is -0.119. The monoisotopic (exact) mass is 446 g/mol. The van der Waals surface area contributed by atoms with E-state index in [2.05, 4.69) is 10.2 Å². The van der Waals surface area contributed by atoms with Crippen molar-refractivity contribution in [2.45, 2.75) is 12.8 Å². The van der Waals surface area contributed by atoms with E-state index < -0.39 is 18.5 Å². The Balaban J connectivity index is 1.43. The van der Waals surface area contributed by atoms with Crippen LogP contribution in [0.25, 0.3) is 10.9 Å². The minimum Gasteiger partial charge on any atom is -0.452 e. The van der Waals surface area contributed by atoms with E-state index in [4.69, 9.17) is 9.72 Å². The summed E-state index contributed by atoms with van der Waals surface area (Å²) in [4.78, 5) is 45.5. The topological polar surface area (TPSA) is 91.8 Å². The van der Waals surface area contributed by atoms with E-state index in [0.717, 1.165) is 36.8 Å². The molecule has 0 bridgehead atoms. The molecule has 1 fully saturated rings.